The summed E-state index contributed by atoms with van der Waals surface area (Å²) >= 11 is 11.7. The summed E-state index contributed by atoms with van der Waals surface area (Å²) in [4.78, 5) is 0. The van der Waals surface area contributed by atoms with E-state index in [9.17, 15) is 4.39 Å². The normalized spacial score (nSPS) is 12.4. The van der Waals surface area contributed by atoms with Gasteiger partial charge in [0.1, 0.15) is 10.8 Å². The van der Waals surface area contributed by atoms with Gasteiger partial charge >= 0.3 is 0 Å². The lowest BCUT2D eigenvalue weighted by Crippen LogP contribution is -1.95. The minimum absolute atomic E-state index is 0.121. The van der Waals surface area contributed by atoms with Crippen LogP contribution in [-0.4, -0.2) is 18.8 Å². The number of benzene rings is 1. The lowest BCUT2D eigenvalue weighted by atomic mass is 10.1. The summed E-state index contributed by atoms with van der Waals surface area (Å²) in [6.45, 7) is 1.38. The molecule has 1 aromatic carbocycles. The molecule has 0 saturated heterocycles. The average Bonchev–Trinajstić information content (AvgIpc) is 2.30. The van der Waals surface area contributed by atoms with Crippen LogP contribution in [0.25, 0.3) is 5.03 Å². The summed E-state index contributed by atoms with van der Waals surface area (Å²) in [5.74, 6) is -0.409. The Balaban J connectivity index is 3.33. The van der Waals surface area contributed by atoms with E-state index >= 15 is 0 Å². The average molecular weight is 265 g/mol. The fourth-order valence-electron chi connectivity index (χ4n) is 1.16. The zero-order valence-electron chi connectivity index (χ0n) is 8.85. The number of aliphatic hydroxyl groups is 1. The highest BCUT2D eigenvalue weighted by Crippen LogP contribution is 2.34. The van der Waals surface area contributed by atoms with Crippen molar-refractivity contribution in [1.82, 2.24) is 0 Å². The Morgan fingerprint density at radius 3 is 2.62 bits per heavy atom. The van der Waals surface area contributed by atoms with Crippen molar-refractivity contribution in [3.63, 3.8) is 0 Å². The van der Waals surface area contributed by atoms with Gasteiger partial charge in [0, 0.05) is 5.56 Å². The topological polar surface area (TPSA) is 29.5 Å². The van der Waals surface area contributed by atoms with Crippen LogP contribution in [-0.2, 0) is 0 Å². The number of rotatable bonds is 3. The molecule has 0 aliphatic carbocycles. The monoisotopic (exact) mass is 264 g/mol. The van der Waals surface area contributed by atoms with Gasteiger partial charge in [0.2, 0.25) is 0 Å². The Hall–Kier alpha value is -0.770. The number of ether oxygens (including phenoxy) is 1. The third-order valence-electron chi connectivity index (χ3n) is 2.12. The van der Waals surface area contributed by atoms with Gasteiger partial charge in [0.05, 0.1) is 18.7 Å². The van der Waals surface area contributed by atoms with Crippen LogP contribution >= 0.6 is 23.2 Å². The molecule has 0 saturated carbocycles. The standard InChI is InChI=1S/C11H11Cl2FO2/c1-6(5-15)9(12)7-3-4-8(16-2)10(13)11(7)14/h3-4,15H,5H2,1-2H3/b9-6+. The number of hydrogen-bond acceptors (Lipinski definition) is 2. The zero-order valence-corrected chi connectivity index (χ0v) is 10.4. The molecule has 0 unspecified atom stereocenters. The Morgan fingerprint density at radius 2 is 2.12 bits per heavy atom. The van der Waals surface area contributed by atoms with Crippen LogP contribution in [0.4, 0.5) is 4.39 Å². The molecule has 0 aromatic heterocycles. The number of halogens is 3. The highest BCUT2D eigenvalue weighted by atomic mass is 35.5. The molecule has 0 heterocycles. The van der Waals surface area contributed by atoms with Gasteiger partial charge in [-0.25, -0.2) is 4.39 Å². The highest BCUT2D eigenvalue weighted by molar-refractivity contribution is 6.49. The van der Waals surface area contributed by atoms with Crippen LogP contribution in [0.2, 0.25) is 5.02 Å². The van der Waals surface area contributed by atoms with E-state index in [2.05, 4.69) is 0 Å². The van der Waals surface area contributed by atoms with Gasteiger partial charge < -0.3 is 9.84 Å². The molecule has 0 amide bonds. The van der Waals surface area contributed by atoms with Crippen LogP contribution in [0.3, 0.4) is 0 Å². The second kappa shape index (κ2) is 5.53. The van der Waals surface area contributed by atoms with Crippen LogP contribution in [0.1, 0.15) is 12.5 Å². The molecule has 0 aliphatic heterocycles. The first kappa shape index (κ1) is 13.3. The molecule has 1 rings (SSSR count). The van der Waals surface area contributed by atoms with E-state index in [1.54, 1.807) is 6.92 Å². The number of aliphatic hydroxyl groups excluding tert-OH is 1. The molecule has 0 radical (unpaired) electrons. The zero-order chi connectivity index (χ0) is 12.3. The molecule has 0 aliphatic rings. The second-order valence-electron chi connectivity index (χ2n) is 3.20. The van der Waals surface area contributed by atoms with E-state index in [-0.39, 0.29) is 28.0 Å². The second-order valence-corrected chi connectivity index (χ2v) is 3.95. The molecule has 0 fully saturated rings. The summed E-state index contributed by atoms with van der Waals surface area (Å²) in [5, 5.41) is 8.94. The van der Waals surface area contributed by atoms with Crippen molar-refractivity contribution >= 4 is 28.2 Å². The Kier molecular flexibility index (Phi) is 4.59. The first-order valence-electron chi connectivity index (χ1n) is 4.51. The molecular weight excluding hydrogens is 254 g/mol. The fraction of sp³-hybridized carbons (Fsp3) is 0.273. The molecule has 1 aromatic rings. The summed E-state index contributed by atoms with van der Waals surface area (Å²) in [5.41, 5.74) is 0.626. The van der Waals surface area contributed by atoms with Crippen molar-refractivity contribution in [3.8, 4) is 5.75 Å². The van der Waals surface area contributed by atoms with Gasteiger partial charge in [-0.2, -0.15) is 0 Å². The van der Waals surface area contributed by atoms with E-state index in [0.717, 1.165) is 0 Å². The number of hydrogen-bond donors (Lipinski definition) is 1. The van der Waals surface area contributed by atoms with Crippen LogP contribution in [0.5, 0.6) is 5.75 Å². The SMILES string of the molecule is COc1ccc(/C(Cl)=C(/C)CO)c(F)c1Cl. The maximum atomic E-state index is 13.8. The predicted octanol–water partition coefficient (Wildman–Crippen LogP) is 3.45. The van der Waals surface area contributed by atoms with Gasteiger partial charge in [-0.05, 0) is 24.6 Å². The van der Waals surface area contributed by atoms with Crippen LogP contribution < -0.4 is 4.74 Å². The van der Waals surface area contributed by atoms with Crippen molar-refractivity contribution in [1.29, 1.82) is 0 Å². The summed E-state index contributed by atoms with van der Waals surface area (Å²) in [7, 11) is 1.40. The summed E-state index contributed by atoms with van der Waals surface area (Å²) in [6.07, 6.45) is 0. The van der Waals surface area contributed by atoms with Crippen molar-refractivity contribution < 1.29 is 14.2 Å². The molecular formula is C11H11Cl2FO2. The van der Waals surface area contributed by atoms with E-state index in [0.29, 0.717) is 5.57 Å². The van der Waals surface area contributed by atoms with Crippen molar-refractivity contribution in [2.24, 2.45) is 0 Å². The van der Waals surface area contributed by atoms with E-state index < -0.39 is 5.82 Å². The lowest BCUT2D eigenvalue weighted by molar-refractivity contribution is 0.332. The molecule has 16 heavy (non-hydrogen) atoms. The quantitative estimate of drug-likeness (QED) is 0.906. The Bertz CT molecular complexity index is 430. The van der Waals surface area contributed by atoms with E-state index in [1.165, 1.54) is 19.2 Å². The third-order valence-corrected chi connectivity index (χ3v) is 2.99. The number of methoxy groups -OCH3 is 1. The molecule has 88 valence electrons. The largest absolute Gasteiger partial charge is 0.495 e. The predicted molar refractivity (Wildman–Crippen MR) is 63.5 cm³/mol. The third kappa shape index (κ3) is 2.48. The van der Waals surface area contributed by atoms with Gasteiger partial charge in [0.25, 0.3) is 0 Å². The first-order chi connectivity index (χ1) is 7.52. The molecule has 5 heteroatoms. The Labute approximate surface area is 103 Å². The molecule has 2 nitrogen and oxygen atoms in total. The lowest BCUT2D eigenvalue weighted by Gasteiger charge is -2.09. The van der Waals surface area contributed by atoms with Crippen molar-refractivity contribution in [3.05, 3.63) is 34.1 Å². The highest BCUT2D eigenvalue weighted by Gasteiger charge is 2.15. The smallest absolute Gasteiger partial charge is 0.154 e. The van der Waals surface area contributed by atoms with E-state index in [1.807, 2.05) is 0 Å². The maximum absolute atomic E-state index is 13.8. The van der Waals surface area contributed by atoms with Gasteiger partial charge in [-0.15, -0.1) is 0 Å². The summed E-state index contributed by atoms with van der Waals surface area (Å²) in [6, 6.07) is 2.98. The minimum Gasteiger partial charge on any atom is -0.495 e. The fourth-order valence-corrected chi connectivity index (χ4v) is 1.61. The molecule has 0 spiro atoms. The summed E-state index contributed by atoms with van der Waals surface area (Å²) < 4.78 is 18.7. The minimum atomic E-state index is -0.654. The molecule has 1 N–H and O–H groups in total. The van der Waals surface area contributed by atoms with Gasteiger partial charge in [-0.3, -0.25) is 0 Å². The Morgan fingerprint density at radius 1 is 1.50 bits per heavy atom. The molecule has 0 bridgehead atoms. The maximum Gasteiger partial charge on any atom is 0.154 e. The van der Waals surface area contributed by atoms with Gasteiger partial charge in [-0.1, -0.05) is 23.2 Å². The first-order valence-corrected chi connectivity index (χ1v) is 5.27. The molecule has 0 atom stereocenters. The van der Waals surface area contributed by atoms with Crippen molar-refractivity contribution in [2.75, 3.05) is 13.7 Å². The van der Waals surface area contributed by atoms with Crippen molar-refractivity contribution in [2.45, 2.75) is 6.92 Å². The van der Waals surface area contributed by atoms with Crippen LogP contribution in [0, 0.1) is 5.82 Å². The van der Waals surface area contributed by atoms with Gasteiger partial charge in [0.15, 0.2) is 5.82 Å². The van der Waals surface area contributed by atoms with E-state index in [4.69, 9.17) is 33.0 Å². The van der Waals surface area contributed by atoms with Crippen LogP contribution in [0.15, 0.2) is 17.7 Å².